The number of carbonyl (C=O) groups excluding carboxylic acids is 1. The SMILES string of the molecule is CNc1nccc(N2CC[C@H](NC(=O)Nc3ccc(CN(C)C)c(Cl)c3)C2)n1. The van der Waals surface area contributed by atoms with E-state index < -0.39 is 0 Å². The van der Waals surface area contributed by atoms with Crippen molar-refractivity contribution in [2.75, 3.05) is 49.8 Å². The average molecular weight is 404 g/mol. The van der Waals surface area contributed by atoms with Gasteiger partial charge in [0.25, 0.3) is 0 Å². The summed E-state index contributed by atoms with van der Waals surface area (Å²) in [5.74, 6) is 1.44. The molecule has 3 rings (SSSR count). The molecule has 1 aliphatic heterocycles. The number of benzene rings is 1. The molecule has 0 unspecified atom stereocenters. The minimum Gasteiger partial charge on any atom is -0.357 e. The van der Waals surface area contributed by atoms with Crippen molar-refractivity contribution in [2.45, 2.75) is 19.0 Å². The second-order valence-electron chi connectivity index (χ2n) is 7.06. The summed E-state index contributed by atoms with van der Waals surface area (Å²) < 4.78 is 0. The maximum Gasteiger partial charge on any atom is 0.319 e. The normalized spacial score (nSPS) is 16.3. The van der Waals surface area contributed by atoms with Gasteiger partial charge in [0.05, 0.1) is 0 Å². The van der Waals surface area contributed by atoms with Crippen LogP contribution in [-0.2, 0) is 6.54 Å². The lowest BCUT2D eigenvalue weighted by Crippen LogP contribution is -2.39. The van der Waals surface area contributed by atoms with Gasteiger partial charge in [0, 0.05) is 49.6 Å². The first kappa shape index (κ1) is 20.2. The fourth-order valence-corrected chi connectivity index (χ4v) is 3.42. The van der Waals surface area contributed by atoms with Crippen LogP contribution in [0.15, 0.2) is 30.5 Å². The number of urea groups is 1. The van der Waals surface area contributed by atoms with E-state index in [0.717, 1.165) is 30.9 Å². The minimum absolute atomic E-state index is 0.0523. The molecule has 2 heterocycles. The van der Waals surface area contributed by atoms with E-state index in [2.05, 4.69) is 30.8 Å². The molecule has 0 saturated carbocycles. The highest BCUT2D eigenvalue weighted by molar-refractivity contribution is 6.31. The lowest BCUT2D eigenvalue weighted by Gasteiger charge is -2.18. The van der Waals surface area contributed by atoms with Crippen molar-refractivity contribution >= 4 is 35.1 Å². The molecule has 1 atom stereocenters. The van der Waals surface area contributed by atoms with Crippen molar-refractivity contribution in [3.05, 3.63) is 41.0 Å². The van der Waals surface area contributed by atoms with Crippen LogP contribution < -0.4 is 20.9 Å². The lowest BCUT2D eigenvalue weighted by molar-refractivity contribution is 0.249. The summed E-state index contributed by atoms with van der Waals surface area (Å²) in [4.78, 5) is 25.1. The highest BCUT2D eigenvalue weighted by Crippen LogP contribution is 2.22. The average Bonchev–Trinajstić information content (AvgIpc) is 3.12. The van der Waals surface area contributed by atoms with Gasteiger partial charge in [0.2, 0.25) is 5.95 Å². The van der Waals surface area contributed by atoms with Gasteiger partial charge in [0.1, 0.15) is 5.82 Å². The zero-order valence-electron chi connectivity index (χ0n) is 16.4. The van der Waals surface area contributed by atoms with E-state index in [1.54, 1.807) is 19.3 Å². The van der Waals surface area contributed by atoms with Crippen LogP contribution in [0.2, 0.25) is 5.02 Å². The first-order valence-electron chi connectivity index (χ1n) is 9.21. The molecule has 9 heteroatoms. The quantitative estimate of drug-likeness (QED) is 0.687. The summed E-state index contributed by atoms with van der Waals surface area (Å²) >= 11 is 6.32. The van der Waals surface area contributed by atoms with Crippen molar-refractivity contribution in [1.82, 2.24) is 20.2 Å². The number of hydrogen-bond donors (Lipinski definition) is 3. The number of anilines is 3. The van der Waals surface area contributed by atoms with Gasteiger partial charge in [-0.15, -0.1) is 0 Å². The highest BCUT2D eigenvalue weighted by Gasteiger charge is 2.25. The summed E-state index contributed by atoms with van der Waals surface area (Å²) in [5, 5.41) is 9.46. The topological polar surface area (TPSA) is 85.4 Å². The van der Waals surface area contributed by atoms with Crippen LogP contribution in [0, 0.1) is 0 Å². The van der Waals surface area contributed by atoms with E-state index in [1.807, 2.05) is 37.2 Å². The number of aromatic nitrogens is 2. The molecular formula is C19H26ClN7O. The van der Waals surface area contributed by atoms with Crippen LogP contribution >= 0.6 is 11.6 Å². The summed E-state index contributed by atoms with van der Waals surface area (Å²) in [7, 11) is 5.76. The number of amides is 2. The molecule has 2 amide bonds. The summed E-state index contributed by atoms with van der Waals surface area (Å²) in [5.41, 5.74) is 1.70. The molecule has 150 valence electrons. The molecule has 1 saturated heterocycles. The Balaban J connectivity index is 1.53. The standard InChI is InChI=1S/C19H26ClN7O/c1-21-18-22-8-6-17(25-18)27-9-7-15(12-27)24-19(28)23-14-5-4-13(11-26(2)3)16(20)10-14/h4-6,8,10,15H,7,9,11-12H2,1-3H3,(H,21,22,25)(H2,23,24,28)/t15-/m0/s1. The zero-order chi connectivity index (χ0) is 20.1. The molecule has 0 bridgehead atoms. The van der Waals surface area contributed by atoms with E-state index in [4.69, 9.17) is 11.6 Å². The number of halogens is 1. The second-order valence-corrected chi connectivity index (χ2v) is 7.47. The molecule has 1 aromatic carbocycles. The van der Waals surface area contributed by atoms with Gasteiger partial charge in [-0.25, -0.2) is 9.78 Å². The van der Waals surface area contributed by atoms with Gasteiger partial charge in [0.15, 0.2) is 0 Å². The molecule has 0 spiro atoms. The number of nitrogens with zero attached hydrogens (tertiary/aromatic N) is 4. The number of nitrogens with one attached hydrogen (secondary N) is 3. The van der Waals surface area contributed by atoms with Gasteiger partial charge in [-0.3, -0.25) is 0 Å². The summed E-state index contributed by atoms with van der Waals surface area (Å²) in [6.45, 7) is 2.29. The van der Waals surface area contributed by atoms with Gasteiger partial charge < -0.3 is 25.8 Å². The second kappa shape index (κ2) is 9.07. The molecule has 0 radical (unpaired) electrons. The van der Waals surface area contributed by atoms with Crippen LogP contribution in [-0.4, -0.2) is 61.2 Å². The fourth-order valence-electron chi connectivity index (χ4n) is 3.18. The lowest BCUT2D eigenvalue weighted by atomic mass is 10.2. The molecule has 8 nitrogen and oxygen atoms in total. The van der Waals surface area contributed by atoms with E-state index in [-0.39, 0.29) is 12.1 Å². The first-order chi connectivity index (χ1) is 13.4. The minimum atomic E-state index is -0.234. The highest BCUT2D eigenvalue weighted by atomic mass is 35.5. The number of carbonyl (C=O) groups is 1. The van der Waals surface area contributed by atoms with Crippen molar-refractivity contribution in [2.24, 2.45) is 0 Å². The first-order valence-corrected chi connectivity index (χ1v) is 9.59. The Hall–Kier alpha value is -2.58. The molecule has 1 aliphatic rings. The summed E-state index contributed by atoms with van der Waals surface area (Å²) in [6.07, 6.45) is 2.58. The van der Waals surface area contributed by atoms with E-state index in [9.17, 15) is 4.79 Å². The van der Waals surface area contributed by atoms with E-state index in [0.29, 0.717) is 23.2 Å². The molecule has 2 aromatic rings. The van der Waals surface area contributed by atoms with Crippen LogP contribution in [0.25, 0.3) is 0 Å². The van der Waals surface area contributed by atoms with Crippen molar-refractivity contribution < 1.29 is 4.79 Å². The molecular weight excluding hydrogens is 378 g/mol. The predicted molar refractivity (Wildman–Crippen MR) is 113 cm³/mol. The third-order valence-electron chi connectivity index (χ3n) is 4.51. The molecule has 28 heavy (non-hydrogen) atoms. The maximum atomic E-state index is 12.4. The number of hydrogen-bond acceptors (Lipinski definition) is 6. The monoisotopic (exact) mass is 403 g/mol. The van der Waals surface area contributed by atoms with Crippen LogP contribution in [0.4, 0.5) is 22.2 Å². The Labute approximate surface area is 170 Å². The van der Waals surface area contributed by atoms with Crippen LogP contribution in [0.3, 0.4) is 0 Å². The Morgan fingerprint density at radius 1 is 1.36 bits per heavy atom. The van der Waals surface area contributed by atoms with Crippen molar-refractivity contribution in [3.63, 3.8) is 0 Å². The van der Waals surface area contributed by atoms with Crippen molar-refractivity contribution in [1.29, 1.82) is 0 Å². The smallest absolute Gasteiger partial charge is 0.319 e. The Morgan fingerprint density at radius 3 is 2.89 bits per heavy atom. The van der Waals surface area contributed by atoms with Gasteiger partial charge in [-0.1, -0.05) is 17.7 Å². The number of rotatable bonds is 6. The third-order valence-corrected chi connectivity index (χ3v) is 4.86. The Morgan fingerprint density at radius 2 is 2.18 bits per heavy atom. The van der Waals surface area contributed by atoms with Gasteiger partial charge >= 0.3 is 6.03 Å². The van der Waals surface area contributed by atoms with E-state index >= 15 is 0 Å². The largest absolute Gasteiger partial charge is 0.357 e. The predicted octanol–water partition coefficient (Wildman–Crippen LogP) is 2.63. The van der Waals surface area contributed by atoms with Crippen LogP contribution in [0.1, 0.15) is 12.0 Å². The molecule has 0 aliphatic carbocycles. The Kier molecular flexibility index (Phi) is 6.53. The van der Waals surface area contributed by atoms with E-state index in [1.165, 1.54) is 0 Å². The molecule has 1 aromatic heterocycles. The summed E-state index contributed by atoms with van der Waals surface area (Å²) in [6, 6.07) is 7.27. The Bertz CT molecular complexity index is 830. The van der Waals surface area contributed by atoms with Gasteiger partial charge in [-0.05, 0) is 44.3 Å². The fraction of sp³-hybridized carbons (Fsp3) is 0.421. The third kappa shape index (κ3) is 5.24. The zero-order valence-corrected chi connectivity index (χ0v) is 17.1. The molecule has 3 N–H and O–H groups in total. The maximum absolute atomic E-state index is 12.4. The van der Waals surface area contributed by atoms with Crippen molar-refractivity contribution in [3.8, 4) is 0 Å². The van der Waals surface area contributed by atoms with Gasteiger partial charge in [-0.2, -0.15) is 4.98 Å². The van der Waals surface area contributed by atoms with Crippen LogP contribution in [0.5, 0.6) is 0 Å². The molecule has 1 fully saturated rings.